The van der Waals surface area contributed by atoms with E-state index in [1.807, 2.05) is 46.8 Å². The van der Waals surface area contributed by atoms with Crippen molar-refractivity contribution in [1.82, 2.24) is 19.8 Å². The smallest absolute Gasteiger partial charge is 0.262 e. The molecule has 0 atom stereocenters. The number of likely N-dealkylation sites (N-methyl/N-ethyl adjacent to an activating group) is 1. The van der Waals surface area contributed by atoms with Gasteiger partial charge in [0.1, 0.15) is 0 Å². The average Bonchev–Trinajstić information content (AvgIpc) is 2.57. The number of amides is 2. The minimum Gasteiger partial charge on any atom is -0.350 e. The third kappa shape index (κ3) is 5.58. The molecule has 0 fully saturated rings. The zero-order valence-corrected chi connectivity index (χ0v) is 18.1. The van der Waals surface area contributed by atoms with Crippen molar-refractivity contribution in [2.45, 2.75) is 51.4 Å². The molecule has 1 N–H and O–H groups in total. The number of rotatable bonds is 6. The van der Waals surface area contributed by atoms with E-state index in [4.69, 9.17) is 0 Å². The highest BCUT2D eigenvalue weighted by Gasteiger charge is 2.19. The third-order valence-electron chi connectivity index (χ3n) is 3.94. The van der Waals surface area contributed by atoms with Gasteiger partial charge < -0.3 is 10.2 Å². The van der Waals surface area contributed by atoms with Gasteiger partial charge in [-0.15, -0.1) is 0 Å². The van der Waals surface area contributed by atoms with Crippen LogP contribution in [0, 0.1) is 0 Å². The van der Waals surface area contributed by atoms with E-state index >= 15 is 0 Å². The first-order valence-corrected chi connectivity index (χ1v) is 10.2. The Morgan fingerprint density at radius 3 is 2.50 bits per heavy atom. The van der Waals surface area contributed by atoms with Gasteiger partial charge in [0.2, 0.25) is 11.8 Å². The fourth-order valence-electron chi connectivity index (χ4n) is 2.68. The van der Waals surface area contributed by atoms with Crippen LogP contribution in [0.25, 0.3) is 10.9 Å². The quantitative estimate of drug-likeness (QED) is 0.591. The van der Waals surface area contributed by atoms with Crippen molar-refractivity contribution in [2.24, 2.45) is 0 Å². The molecule has 0 saturated heterocycles. The fourth-order valence-corrected chi connectivity index (χ4v) is 3.75. The molecule has 0 spiro atoms. The SMILES string of the molecule is CC(C)n1c(SCC(=O)N(C)CC(=O)NC(C)(C)C)nc2ccccc2c1=O. The molecule has 1 heterocycles. The molecule has 0 aliphatic rings. The van der Waals surface area contributed by atoms with Crippen LogP contribution in [0.15, 0.2) is 34.2 Å². The Hall–Kier alpha value is -2.35. The first-order valence-electron chi connectivity index (χ1n) is 9.18. The molecule has 28 heavy (non-hydrogen) atoms. The minimum atomic E-state index is -0.349. The van der Waals surface area contributed by atoms with Gasteiger partial charge in [-0.1, -0.05) is 23.9 Å². The minimum absolute atomic E-state index is 0.0151. The summed E-state index contributed by atoms with van der Waals surface area (Å²) in [7, 11) is 1.59. The number of benzene rings is 1. The molecule has 0 aliphatic heterocycles. The topological polar surface area (TPSA) is 84.3 Å². The van der Waals surface area contributed by atoms with Crippen LogP contribution in [0.3, 0.4) is 0 Å². The van der Waals surface area contributed by atoms with E-state index in [9.17, 15) is 14.4 Å². The van der Waals surface area contributed by atoms with Gasteiger partial charge in [0.05, 0.1) is 23.2 Å². The molecule has 0 unspecified atom stereocenters. The van der Waals surface area contributed by atoms with E-state index < -0.39 is 0 Å². The summed E-state index contributed by atoms with van der Waals surface area (Å²) in [6.07, 6.45) is 0. The number of hydrogen-bond acceptors (Lipinski definition) is 5. The van der Waals surface area contributed by atoms with Crippen molar-refractivity contribution >= 4 is 34.5 Å². The summed E-state index contributed by atoms with van der Waals surface area (Å²) in [5.74, 6) is -0.320. The predicted octanol–water partition coefficient (Wildman–Crippen LogP) is 2.44. The lowest BCUT2D eigenvalue weighted by molar-refractivity contribution is -0.133. The molecule has 8 heteroatoms. The van der Waals surface area contributed by atoms with Crippen molar-refractivity contribution in [3.05, 3.63) is 34.6 Å². The lowest BCUT2D eigenvalue weighted by atomic mass is 10.1. The molecule has 7 nitrogen and oxygen atoms in total. The number of fused-ring (bicyclic) bond motifs is 1. The Bertz CT molecular complexity index is 931. The van der Waals surface area contributed by atoms with E-state index in [-0.39, 0.29) is 41.3 Å². The standard InChI is InChI=1S/C20H28N4O3S/c1-13(2)24-18(27)14-9-7-8-10-15(14)21-19(24)28-12-17(26)23(6)11-16(25)22-20(3,4)5/h7-10,13H,11-12H2,1-6H3,(H,22,25). The van der Waals surface area contributed by atoms with Gasteiger partial charge in [-0.05, 0) is 46.8 Å². The van der Waals surface area contributed by atoms with Crippen molar-refractivity contribution in [3.63, 3.8) is 0 Å². The summed E-state index contributed by atoms with van der Waals surface area (Å²) < 4.78 is 1.60. The van der Waals surface area contributed by atoms with E-state index in [1.54, 1.807) is 23.7 Å². The van der Waals surface area contributed by atoms with Gasteiger partial charge >= 0.3 is 0 Å². The van der Waals surface area contributed by atoms with Gasteiger partial charge in [0.15, 0.2) is 5.16 Å². The van der Waals surface area contributed by atoms with Gasteiger partial charge in [-0.2, -0.15) is 0 Å². The van der Waals surface area contributed by atoms with Crippen molar-refractivity contribution in [2.75, 3.05) is 19.3 Å². The number of carbonyl (C=O) groups excluding carboxylic acids is 2. The molecule has 1 aromatic heterocycles. The van der Waals surface area contributed by atoms with Gasteiger partial charge in [-0.25, -0.2) is 4.98 Å². The Morgan fingerprint density at radius 2 is 1.89 bits per heavy atom. The van der Waals surface area contributed by atoms with E-state index in [2.05, 4.69) is 10.3 Å². The zero-order chi connectivity index (χ0) is 21.1. The maximum absolute atomic E-state index is 12.8. The molecule has 0 aliphatic carbocycles. The number of para-hydroxylation sites is 1. The number of nitrogens with one attached hydrogen (secondary N) is 1. The van der Waals surface area contributed by atoms with Gasteiger partial charge in [-0.3, -0.25) is 19.0 Å². The Kier molecular flexibility index (Phi) is 6.87. The summed E-state index contributed by atoms with van der Waals surface area (Å²) >= 11 is 1.21. The van der Waals surface area contributed by atoms with Crippen LogP contribution in [0.4, 0.5) is 0 Å². The Morgan fingerprint density at radius 1 is 1.25 bits per heavy atom. The first-order chi connectivity index (χ1) is 13.0. The van der Waals surface area contributed by atoms with Gasteiger partial charge in [0.25, 0.3) is 5.56 Å². The summed E-state index contributed by atoms with van der Waals surface area (Å²) in [5, 5.41) is 3.89. The number of hydrogen-bond donors (Lipinski definition) is 1. The van der Waals surface area contributed by atoms with Crippen molar-refractivity contribution < 1.29 is 9.59 Å². The van der Waals surface area contributed by atoms with E-state index in [1.165, 1.54) is 16.7 Å². The first kappa shape index (κ1) is 21.9. The van der Waals surface area contributed by atoms with E-state index in [0.29, 0.717) is 16.1 Å². The summed E-state index contributed by atoms with van der Waals surface area (Å²) in [4.78, 5) is 43.2. The van der Waals surface area contributed by atoms with Crippen LogP contribution in [0.5, 0.6) is 0 Å². The summed E-state index contributed by atoms with van der Waals surface area (Å²) in [6, 6.07) is 7.10. The molecule has 0 radical (unpaired) electrons. The summed E-state index contributed by atoms with van der Waals surface area (Å²) in [5.41, 5.74) is 0.142. The van der Waals surface area contributed by atoms with Gasteiger partial charge in [0, 0.05) is 18.6 Å². The molecule has 1 aromatic carbocycles. The van der Waals surface area contributed by atoms with Crippen LogP contribution in [0.1, 0.15) is 40.7 Å². The second kappa shape index (κ2) is 8.77. The normalized spacial score (nSPS) is 11.7. The van der Waals surface area contributed by atoms with Crippen molar-refractivity contribution in [1.29, 1.82) is 0 Å². The third-order valence-corrected chi connectivity index (χ3v) is 4.87. The van der Waals surface area contributed by atoms with Crippen LogP contribution < -0.4 is 10.9 Å². The molecule has 2 rings (SSSR count). The Labute approximate surface area is 169 Å². The highest BCUT2D eigenvalue weighted by atomic mass is 32.2. The molecule has 2 aromatic rings. The predicted molar refractivity (Wildman–Crippen MR) is 113 cm³/mol. The lowest BCUT2D eigenvalue weighted by Crippen LogP contribution is -2.46. The Balaban J connectivity index is 2.14. The second-order valence-electron chi connectivity index (χ2n) is 8.02. The number of nitrogens with zero attached hydrogens (tertiary/aromatic N) is 3. The number of thioether (sulfide) groups is 1. The monoisotopic (exact) mass is 404 g/mol. The molecule has 0 bridgehead atoms. The summed E-state index contributed by atoms with van der Waals surface area (Å²) in [6.45, 7) is 9.47. The van der Waals surface area contributed by atoms with E-state index in [0.717, 1.165) is 0 Å². The highest BCUT2D eigenvalue weighted by molar-refractivity contribution is 7.99. The lowest BCUT2D eigenvalue weighted by Gasteiger charge is -2.23. The molecule has 152 valence electrons. The zero-order valence-electron chi connectivity index (χ0n) is 17.3. The van der Waals surface area contributed by atoms with Crippen LogP contribution >= 0.6 is 11.8 Å². The number of aromatic nitrogens is 2. The highest BCUT2D eigenvalue weighted by Crippen LogP contribution is 2.21. The van der Waals surface area contributed by atoms with Crippen LogP contribution in [-0.2, 0) is 9.59 Å². The van der Waals surface area contributed by atoms with Crippen LogP contribution in [0.2, 0.25) is 0 Å². The molecule has 0 saturated carbocycles. The maximum Gasteiger partial charge on any atom is 0.262 e. The average molecular weight is 405 g/mol. The second-order valence-corrected chi connectivity index (χ2v) is 8.96. The number of carbonyl (C=O) groups is 2. The molecular formula is C20H28N4O3S. The van der Waals surface area contributed by atoms with Crippen LogP contribution in [-0.4, -0.2) is 51.1 Å². The molecule has 2 amide bonds. The maximum atomic E-state index is 12.8. The molecular weight excluding hydrogens is 376 g/mol. The largest absolute Gasteiger partial charge is 0.350 e. The van der Waals surface area contributed by atoms with Crippen molar-refractivity contribution in [3.8, 4) is 0 Å². The fraction of sp³-hybridized carbons (Fsp3) is 0.500.